The largest absolute Gasteiger partial charge is 0.458 e. The molecule has 10 heteroatoms. The molecule has 0 atom stereocenters. The number of carbonyl (C=O) groups is 2. The predicted octanol–water partition coefficient (Wildman–Crippen LogP) is 3.24. The molecule has 33 heavy (non-hydrogen) atoms. The van der Waals surface area contributed by atoms with Gasteiger partial charge < -0.3 is 4.74 Å². The van der Waals surface area contributed by atoms with Gasteiger partial charge >= 0.3 is 5.97 Å². The van der Waals surface area contributed by atoms with Gasteiger partial charge in [-0.25, -0.2) is 4.98 Å². The number of anilines is 2. The van der Waals surface area contributed by atoms with Gasteiger partial charge in [0.25, 0.3) is 5.56 Å². The van der Waals surface area contributed by atoms with Gasteiger partial charge in [0.05, 0.1) is 16.8 Å². The van der Waals surface area contributed by atoms with Crippen molar-refractivity contribution in [3.05, 3.63) is 75.5 Å². The summed E-state index contributed by atoms with van der Waals surface area (Å²) in [5.74, 6) is -0.818. The Morgan fingerprint density at radius 3 is 2.61 bits per heavy atom. The molecule has 0 N–H and O–H groups in total. The predicted molar refractivity (Wildman–Crippen MR) is 124 cm³/mol. The molecule has 0 aliphatic heterocycles. The Hall–Kier alpha value is -3.92. The third-order valence-electron chi connectivity index (χ3n) is 4.94. The summed E-state index contributed by atoms with van der Waals surface area (Å²) in [5, 5.41) is 10.3. The zero-order valence-corrected chi connectivity index (χ0v) is 18.9. The lowest BCUT2D eigenvalue weighted by Gasteiger charge is -2.18. The number of esters is 1. The second-order valence-electron chi connectivity index (χ2n) is 7.23. The van der Waals surface area contributed by atoms with E-state index in [0.717, 1.165) is 11.1 Å². The first-order chi connectivity index (χ1) is 16.0. The third-order valence-corrected chi connectivity index (χ3v) is 5.81. The highest BCUT2D eigenvalue weighted by molar-refractivity contribution is 7.14. The van der Waals surface area contributed by atoms with E-state index >= 15 is 0 Å². The van der Waals surface area contributed by atoms with Gasteiger partial charge in [0, 0.05) is 12.3 Å². The van der Waals surface area contributed by atoms with E-state index in [1.54, 1.807) is 29.6 Å². The third kappa shape index (κ3) is 4.96. The topological polar surface area (TPSA) is 107 Å². The molecule has 4 aromatic rings. The summed E-state index contributed by atoms with van der Waals surface area (Å²) in [5.41, 5.74) is 2.42. The zero-order valence-electron chi connectivity index (χ0n) is 18.1. The highest BCUT2D eigenvalue weighted by atomic mass is 32.1. The number of aryl methyl sites for hydroxylation is 1. The van der Waals surface area contributed by atoms with Crippen LogP contribution in [-0.2, 0) is 33.9 Å². The van der Waals surface area contributed by atoms with Crippen molar-refractivity contribution in [3.63, 3.8) is 0 Å². The zero-order chi connectivity index (χ0) is 23.4. The SMILES string of the molecule is CCc1ccc(N(C(C)=O)c2nc(COC(=O)Cn3nnc4ccccc4c3=O)cs2)cc1. The maximum absolute atomic E-state index is 12.5. The van der Waals surface area contributed by atoms with Crippen molar-refractivity contribution >= 4 is 44.9 Å². The molecule has 0 unspecified atom stereocenters. The molecule has 0 saturated carbocycles. The molecular weight excluding hydrogens is 442 g/mol. The Kier molecular flexibility index (Phi) is 6.55. The van der Waals surface area contributed by atoms with E-state index in [2.05, 4.69) is 22.2 Å². The van der Waals surface area contributed by atoms with Crippen molar-refractivity contribution in [2.75, 3.05) is 4.90 Å². The summed E-state index contributed by atoms with van der Waals surface area (Å²) >= 11 is 1.28. The Morgan fingerprint density at radius 2 is 1.88 bits per heavy atom. The van der Waals surface area contributed by atoms with Gasteiger partial charge in [-0.3, -0.25) is 19.3 Å². The van der Waals surface area contributed by atoms with E-state index in [1.807, 2.05) is 24.3 Å². The van der Waals surface area contributed by atoms with Crippen molar-refractivity contribution in [2.24, 2.45) is 0 Å². The molecule has 0 radical (unpaired) electrons. The minimum Gasteiger partial charge on any atom is -0.458 e. The van der Waals surface area contributed by atoms with Crippen LogP contribution in [0.2, 0.25) is 0 Å². The van der Waals surface area contributed by atoms with Crippen LogP contribution in [0.5, 0.6) is 0 Å². The molecule has 1 amide bonds. The number of fused-ring (bicyclic) bond motifs is 1. The van der Waals surface area contributed by atoms with Gasteiger partial charge in [0.15, 0.2) is 5.13 Å². The number of carbonyl (C=O) groups excluding carboxylic acids is 2. The Morgan fingerprint density at radius 1 is 1.12 bits per heavy atom. The molecule has 0 bridgehead atoms. The monoisotopic (exact) mass is 463 g/mol. The fourth-order valence-electron chi connectivity index (χ4n) is 3.22. The highest BCUT2D eigenvalue weighted by Gasteiger charge is 2.19. The minimum atomic E-state index is -0.644. The number of amides is 1. The molecule has 0 saturated heterocycles. The number of thiazole rings is 1. The van der Waals surface area contributed by atoms with E-state index < -0.39 is 11.5 Å². The molecule has 2 heterocycles. The Bertz CT molecular complexity index is 1360. The van der Waals surface area contributed by atoms with Crippen molar-refractivity contribution < 1.29 is 14.3 Å². The average Bonchev–Trinajstić information content (AvgIpc) is 3.28. The van der Waals surface area contributed by atoms with Crippen molar-refractivity contribution in [1.82, 2.24) is 20.0 Å². The molecule has 168 valence electrons. The Balaban J connectivity index is 1.43. The maximum atomic E-state index is 12.5. The summed E-state index contributed by atoms with van der Waals surface area (Å²) in [4.78, 5) is 42.9. The van der Waals surface area contributed by atoms with Gasteiger partial charge in [-0.1, -0.05) is 36.4 Å². The molecule has 4 rings (SSSR count). The second-order valence-corrected chi connectivity index (χ2v) is 8.06. The number of benzene rings is 2. The Labute approximate surface area is 193 Å². The second kappa shape index (κ2) is 9.70. The van der Waals surface area contributed by atoms with E-state index in [9.17, 15) is 14.4 Å². The van der Waals surface area contributed by atoms with Crippen LogP contribution in [0.4, 0.5) is 10.8 Å². The summed E-state index contributed by atoms with van der Waals surface area (Å²) in [6.07, 6.45) is 0.907. The standard InChI is InChI=1S/C23H21N5O4S/c1-3-16-8-10-18(11-9-16)28(15(2)29)23-24-17(14-33-23)13-32-21(30)12-27-22(31)19-6-4-5-7-20(19)25-26-27/h4-11,14H,3,12-13H2,1-2H3. The first-order valence-electron chi connectivity index (χ1n) is 10.3. The van der Waals surface area contributed by atoms with Gasteiger partial charge in [-0.15, -0.1) is 16.4 Å². The molecule has 0 spiro atoms. The number of ether oxygens (including phenoxy) is 1. The molecule has 2 aromatic heterocycles. The van der Waals surface area contributed by atoms with Crippen LogP contribution in [0.25, 0.3) is 10.9 Å². The quantitative estimate of drug-likeness (QED) is 0.387. The summed E-state index contributed by atoms with van der Waals surface area (Å²) in [7, 11) is 0. The molecule has 9 nitrogen and oxygen atoms in total. The van der Waals surface area contributed by atoms with Crippen LogP contribution in [0.1, 0.15) is 25.1 Å². The van der Waals surface area contributed by atoms with Crippen molar-refractivity contribution in [3.8, 4) is 0 Å². The van der Waals surface area contributed by atoms with Gasteiger partial charge in [0.2, 0.25) is 5.91 Å². The lowest BCUT2D eigenvalue weighted by atomic mass is 10.1. The fraction of sp³-hybridized carbons (Fsp3) is 0.217. The van der Waals surface area contributed by atoms with Crippen LogP contribution in [-0.4, -0.2) is 31.9 Å². The van der Waals surface area contributed by atoms with Crippen molar-refractivity contribution in [1.29, 1.82) is 0 Å². The number of hydrogen-bond donors (Lipinski definition) is 0. The minimum absolute atomic E-state index is 0.0917. The summed E-state index contributed by atoms with van der Waals surface area (Å²) in [6, 6.07) is 14.5. The molecular formula is C23H21N5O4S. The van der Waals surface area contributed by atoms with Gasteiger partial charge in [-0.05, 0) is 36.2 Å². The number of rotatable bonds is 7. The van der Waals surface area contributed by atoms with E-state index in [-0.39, 0.29) is 19.1 Å². The maximum Gasteiger partial charge on any atom is 0.328 e. The van der Waals surface area contributed by atoms with Gasteiger partial charge in [0.1, 0.15) is 18.7 Å². The smallest absolute Gasteiger partial charge is 0.328 e. The van der Waals surface area contributed by atoms with E-state index in [4.69, 9.17) is 4.74 Å². The van der Waals surface area contributed by atoms with Crippen LogP contribution in [0.3, 0.4) is 0 Å². The molecule has 0 aliphatic rings. The van der Waals surface area contributed by atoms with Crippen LogP contribution >= 0.6 is 11.3 Å². The van der Waals surface area contributed by atoms with Crippen LogP contribution in [0, 0.1) is 0 Å². The van der Waals surface area contributed by atoms with E-state index in [1.165, 1.54) is 28.7 Å². The average molecular weight is 464 g/mol. The van der Waals surface area contributed by atoms with E-state index in [0.29, 0.717) is 27.4 Å². The normalized spacial score (nSPS) is 10.8. The van der Waals surface area contributed by atoms with Gasteiger partial charge in [-0.2, -0.15) is 4.68 Å². The first kappa shape index (κ1) is 22.3. The van der Waals surface area contributed by atoms with Crippen LogP contribution < -0.4 is 10.5 Å². The number of hydrogen-bond acceptors (Lipinski definition) is 8. The lowest BCUT2D eigenvalue weighted by molar-refractivity contribution is -0.146. The highest BCUT2D eigenvalue weighted by Crippen LogP contribution is 2.29. The fourth-order valence-corrected chi connectivity index (χ4v) is 4.09. The lowest BCUT2D eigenvalue weighted by Crippen LogP contribution is -2.28. The summed E-state index contributed by atoms with van der Waals surface area (Å²) in [6.45, 7) is 3.08. The molecule has 0 aliphatic carbocycles. The van der Waals surface area contributed by atoms with Crippen molar-refractivity contribution in [2.45, 2.75) is 33.4 Å². The van der Waals surface area contributed by atoms with Crippen LogP contribution in [0.15, 0.2) is 58.7 Å². The number of nitrogens with zero attached hydrogens (tertiary/aromatic N) is 5. The molecule has 0 fully saturated rings. The number of aromatic nitrogens is 4. The first-order valence-corrected chi connectivity index (χ1v) is 11.2. The molecule has 2 aromatic carbocycles. The summed E-state index contributed by atoms with van der Waals surface area (Å²) < 4.78 is 6.23.